The minimum absolute atomic E-state index is 0.110. The molecule has 2 aromatic rings. The normalized spacial score (nSPS) is 11.3. The molecule has 0 saturated heterocycles. The molecule has 0 spiro atoms. The van der Waals surface area contributed by atoms with E-state index in [-0.39, 0.29) is 5.91 Å². The van der Waals surface area contributed by atoms with Crippen LogP contribution in [0.3, 0.4) is 0 Å². The number of aliphatic hydroxyl groups is 1. The molecule has 2 rings (SSSR count). The number of nitrogens with one attached hydrogen (secondary N) is 1. The van der Waals surface area contributed by atoms with Crippen molar-refractivity contribution in [3.63, 3.8) is 0 Å². The van der Waals surface area contributed by atoms with E-state index >= 15 is 0 Å². The first-order valence-electron chi connectivity index (χ1n) is 8.41. The van der Waals surface area contributed by atoms with Crippen molar-refractivity contribution in [3.8, 4) is 0 Å². The van der Waals surface area contributed by atoms with Crippen molar-refractivity contribution >= 4 is 5.91 Å². The van der Waals surface area contributed by atoms with Crippen molar-refractivity contribution in [2.75, 3.05) is 0 Å². The summed E-state index contributed by atoms with van der Waals surface area (Å²) in [5.74, 6) is -0.110. The molecule has 0 atom stereocenters. The second-order valence-electron chi connectivity index (χ2n) is 6.71. The summed E-state index contributed by atoms with van der Waals surface area (Å²) in [5.41, 5.74) is 3.01. The van der Waals surface area contributed by atoms with Gasteiger partial charge >= 0.3 is 0 Å². The van der Waals surface area contributed by atoms with Crippen LogP contribution in [0.25, 0.3) is 0 Å². The summed E-state index contributed by atoms with van der Waals surface area (Å²) in [6, 6.07) is 11.5. The number of carbonyl (C=O) groups excluding carboxylic acids is 1. The number of aromatic nitrogens is 1. The molecular weight excluding hydrogens is 300 g/mol. The van der Waals surface area contributed by atoms with Gasteiger partial charge in [0.05, 0.1) is 17.8 Å². The van der Waals surface area contributed by atoms with Crippen molar-refractivity contribution in [3.05, 3.63) is 65.0 Å². The highest BCUT2D eigenvalue weighted by atomic mass is 16.3. The van der Waals surface area contributed by atoms with Gasteiger partial charge in [0.2, 0.25) is 0 Å². The molecule has 0 saturated carbocycles. The number of amides is 1. The fourth-order valence-corrected chi connectivity index (χ4v) is 2.36. The fourth-order valence-electron chi connectivity index (χ4n) is 2.36. The van der Waals surface area contributed by atoms with Crippen LogP contribution in [0.4, 0.5) is 0 Å². The Hall–Kier alpha value is -2.20. The van der Waals surface area contributed by atoms with Crippen molar-refractivity contribution in [1.82, 2.24) is 10.3 Å². The highest BCUT2D eigenvalue weighted by Crippen LogP contribution is 2.14. The van der Waals surface area contributed by atoms with Crippen molar-refractivity contribution in [2.45, 2.75) is 52.2 Å². The van der Waals surface area contributed by atoms with E-state index in [1.54, 1.807) is 19.9 Å². The lowest BCUT2D eigenvalue weighted by atomic mass is 9.98. The smallest absolute Gasteiger partial charge is 0.251 e. The number of hydrogen-bond acceptors (Lipinski definition) is 3. The van der Waals surface area contributed by atoms with E-state index in [1.165, 1.54) is 5.56 Å². The minimum Gasteiger partial charge on any atom is -0.390 e. The second-order valence-corrected chi connectivity index (χ2v) is 6.71. The molecule has 1 heterocycles. The van der Waals surface area contributed by atoms with Crippen LogP contribution in [0, 0.1) is 0 Å². The van der Waals surface area contributed by atoms with Gasteiger partial charge in [0.25, 0.3) is 5.91 Å². The third-order valence-electron chi connectivity index (χ3n) is 3.94. The topological polar surface area (TPSA) is 62.2 Å². The number of pyridine rings is 1. The number of hydrogen-bond donors (Lipinski definition) is 2. The lowest BCUT2D eigenvalue weighted by Gasteiger charge is -2.16. The van der Waals surface area contributed by atoms with Crippen LogP contribution in [0.2, 0.25) is 0 Å². The molecule has 4 heteroatoms. The first-order chi connectivity index (χ1) is 11.4. The standard InChI is InChI=1S/C20H26N2O2/c1-4-15-8-9-18(21-13-15)14-22-19(23)17-7-5-6-16(12-17)10-11-20(2,3)24/h5-9,12-13,24H,4,10-11,14H2,1-3H3,(H,22,23). The summed E-state index contributed by atoms with van der Waals surface area (Å²) in [4.78, 5) is 16.7. The van der Waals surface area contributed by atoms with Gasteiger partial charge in [-0.3, -0.25) is 9.78 Å². The number of benzene rings is 1. The van der Waals surface area contributed by atoms with E-state index in [1.807, 2.05) is 36.5 Å². The first kappa shape index (κ1) is 18.1. The van der Waals surface area contributed by atoms with Gasteiger partial charge in [-0.2, -0.15) is 0 Å². The summed E-state index contributed by atoms with van der Waals surface area (Å²) in [5, 5.41) is 12.7. The molecule has 128 valence electrons. The van der Waals surface area contributed by atoms with Crippen LogP contribution >= 0.6 is 0 Å². The molecule has 0 radical (unpaired) electrons. The molecular formula is C20H26N2O2. The Balaban J connectivity index is 1.94. The maximum atomic E-state index is 12.3. The monoisotopic (exact) mass is 326 g/mol. The molecule has 24 heavy (non-hydrogen) atoms. The summed E-state index contributed by atoms with van der Waals surface area (Å²) in [6.45, 7) is 6.08. The Morgan fingerprint density at radius 3 is 2.62 bits per heavy atom. The summed E-state index contributed by atoms with van der Waals surface area (Å²) < 4.78 is 0. The van der Waals surface area contributed by atoms with Gasteiger partial charge in [-0.05, 0) is 62.4 Å². The van der Waals surface area contributed by atoms with E-state index in [2.05, 4.69) is 17.2 Å². The van der Waals surface area contributed by atoms with Crippen molar-refractivity contribution in [2.24, 2.45) is 0 Å². The summed E-state index contributed by atoms with van der Waals surface area (Å²) in [7, 11) is 0. The van der Waals surface area contributed by atoms with Gasteiger partial charge < -0.3 is 10.4 Å². The number of rotatable bonds is 7. The highest BCUT2D eigenvalue weighted by Gasteiger charge is 2.13. The van der Waals surface area contributed by atoms with Gasteiger partial charge in [-0.15, -0.1) is 0 Å². The largest absolute Gasteiger partial charge is 0.390 e. The number of carbonyl (C=O) groups is 1. The maximum Gasteiger partial charge on any atom is 0.251 e. The predicted molar refractivity (Wildman–Crippen MR) is 95.8 cm³/mol. The van der Waals surface area contributed by atoms with Crippen LogP contribution in [-0.4, -0.2) is 21.6 Å². The van der Waals surface area contributed by atoms with Gasteiger partial charge in [-0.25, -0.2) is 0 Å². The van der Waals surface area contributed by atoms with Crippen molar-refractivity contribution < 1.29 is 9.90 Å². The van der Waals surface area contributed by atoms with Gasteiger partial charge in [-0.1, -0.05) is 25.1 Å². The quantitative estimate of drug-likeness (QED) is 0.821. The zero-order valence-corrected chi connectivity index (χ0v) is 14.7. The van der Waals surface area contributed by atoms with Crippen molar-refractivity contribution in [1.29, 1.82) is 0 Å². The third kappa shape index (κ3) is 5.78. The molecule has 1 aromatic heterocycles. The van der Waals surface area contributed by atoms with E-state index < -0.39 is 5.60 Å². The average molecular weight is 326 g/mol. The molecule has 0 aliphatic heterocycles. The van der Waals surface area contributed by atoms with E-state index in [9.17, 15) is 9.90 Å². The Labute approximate surface area is 143 Å². The lowest BCUT2D eigenvalue weighted by Crippen LogP contribution is -2.23. The van der Waals surface area contributed by atoms with Crippen LogP contribution in [0.15, 0.2) is 42.6 Å². The van der Waals surface area contributed by atoms with Gasteiger partial charge in [0.1, 0.15) is 0 Å². The van der Waals surface area contributed by atoms with Crippen LogP contribution in [0.1, 0.15) is 54.4 Å². The molecule has 0 unspecified atom stereocenters. The van der Waals surface area contributed by atoms with E-state index in [4.69, 9.17) is 0 Å². The molecule has 0 aliphatic rings. The van der Waals surface area contributed by atoms with Crippen LogP contribution in [0.5, 0.6) is 0 Å². The molecule has 0 aliphatic carbocycles. The summed E-state index contributed by atoms with van der Waals surface area (Å²) in [6.07, 6.45) is 4.20. The van der Waals surface area contributed by atoms with E-state index in [0.717, 1.165) is 24.1 Å². The molecule has 4 nitrogen and oxygen atoms in total. The minimum atomic E-state index is -0.700. The molecule has 0 fully saturated rings. The molecule has 2 N–H and O–H groups in total. The van der Waals surface area contributed by atoms with Gasteiger partial charge in [0, 0.05) is 11.8 Å². The summed E-state index contributed by atoms with van der Waals surface area (Å²) >= 11 is 0. The van der Waals surface area contributed by atoms with Crippen LogP contribution < -0.4 is 5.32 Å². The zero-order valence-electron chi connectivity index (χ0n) is 14.7. The second kappa shape index (κ2) is 8.06. The fraction of sp³-hybridized carbons (Fsp3) is 0.400. The first-order valence-corrected chi connectivity index (χ1v) is 8.41. The molecule has 0 bridgehead atoms. The Morgan fingerprint density at radius 1 is 1.21 bits per heavy atom. The highest BCUT2D eigenvalue weighted by molar-refractivity contribution is 5.94. The maximum absolute atomic E-state index is 12.3. The SMILES string of the molecule is CCc1ccc(CNC(=O)c2cccc(CCC(C)(C)O)c2)nc1. The Bertz CT molecular complexity index is 673. The Kier molecular flexibility index (Phi) is 6.10. The number of aryl methyl sites for hydroxylation is 2. The van der Waals surface area contributed by atoms with Gasteiger partial charge in [0.15, 0.2) is 0 Å². The average Bonchev–Trinajstić information content (AvgIpc) is 2.58. The third-order valence-corrected chi connectivity index (χ3v) is 3.94. The van der Waals surface area contributed by atoms with Crippen LogP contribution in [-0.2, 0) is 19.4 Å². The molecule has 1 aromatic carbocycles. The Morgan fingerprint density at radius 2 is 2.00 bits per heavy atom. The zero-order chi connectivity index (χ0) is 17.6. The number of nitrogens with zero attached hydrogens (tertiary/aromatic N) is 1. The predicted octanol–water partition coefficient (Wildman–Crippen LogP) is 3.28. The van der Waals surface area contributed by atoms with E-state index in [0.29, 0.717) is 18.5 Å². The molecule has 1 amide bonds. The lowest BCUT2D eigenvalue weighted by molar-refractivity contribution is 0.0714.